The third-order valence-electron chi connectivity index (χ3n) is 1.45. The molecule has 0 rings (SSSR count). The largest absolute Gasteiger partial charge is 0.412 e. The highest BCUT2D eigenvalue weighted by Crippen LogP contribution is 2.28. The number of halogens is 3. The van der Waals surface area contributed by atoms with Crippen LogP contribution in [0.4, 0.5) is 13.2 Å². The zero-order chi connectivity index (χ0) is 9.61. The monoisotopic (exact) mass is 178 g/mol. The molecule has 0 bridgehead atoms. The van der Waals surface area contributed by atoms with Gasteiger partial charge in [0.1, 0.15) is 0 Å². The van der Waals surface area contributed by atoms with Crippen molar-refractivity contribution in [2.45, 2.75) is 32.9 Å². The molecule has 0 radical (unpaired) electrons. The second-order valence-corrected chi connectivity index (χ2v) is 2.40. The van der Waals surface area contributed by atoms with Crippen LogP contribution in [0.25, 0.3) is 0 Å². The Morgan fingerprint density at radius 1 is 1.25 bits per heavy atom. The van der Waals surface area contributed by atoms with Crippen molar-refractivity contribution >= 4 is 0 Å². The third-order valence-corrected chi connectivity index (χ3v) is 1.45. The Hall–Kier alpha value is -0.730. The van der Waals surface area contributed by atoms with E-state index in [1.54, 1.807) is 12.2 Å². The van der Waals surface area contributed by atoms with Crippen LogP contribution in [0, 0.1) is 0 Å². The molecule has 0 spiro atoms. The highest BCUT2D eigenvalue weighted by Gasteiger charge is 2.31. The molecule has 0 amide bonds. The standard InChI is InChI=1S/C9H13F3/c1-3-5-6-7-8(4-2)9(10,11)12/h4-6H,3,7H2,1-2H3/b6-5-,8-4+. The minimum absolute atomic E-state index is 0.0200. The van der Waals surface area contributed by atoms with Crippen LogP contribution >= 0.6 is 0 Å². The molecule has 0 aliphatic carbocycles. The van der Waals surface area contributed by atoms with E-state index in [2.05, 4.69) is 0 Å². The highest BCUT2D eigenvalue weighted by molar-refractivity contribution is 5.12. The van der Waals surface area contributed by atoms with Crippen LogP contribution in [-0.4, -0.2) is 6.18 Å². The smallest absolute Gasteiger partial charge is 0.166 e. The fourth-order valence-electron chi connectivity index (χ4n) is 0.774. The van der Waals surface area contributed by atoms with Crippen molar-refractivity contribution < 1.29 is 13.2 Å². The van der Waals surface area contributed by atoms with Crippen molar-refractivity contribution in [1.29, 1.82) is 0 Å². The Bertz CT molecular complexity index is 175. The van der Waals surface area contributed by atoms with E-state index in [1.807, 2.05) is 6.92 Å². The molecule has 0 N–H and O–H groups in total. The molecule has 0 aliphatic rings. The fraction of sp³-hybridized carbons (Fsp3) is 0.556. The lowest BCUT2D eigenvalue weighted by Gasteiger charge is -2.08. The van der Waals surface area contributed by atoms with E-state index in [4.69, 9.17) is 0 Å². The van der Waals surface area contributed by atoms with Crippen molar-refractivity contribution in [3.63, 3.8) is 0 Å². The van der Waals surface area contributed by atoms with Crippen molar-refractivity contribution in [3.8, 4) is 0 Å². The van der Waals surface area contributed by atoms with Gasteiger partial charge in [-0.05, 0) is 19.8 Å². The number of allylic oxidation sites excluding steroid dienone is 4. The molecule has 0 aromatic heterocycles. The molecule has 0 heterocycles. The zero-order valence-corrected chi connectivity index (χ0v) is 7.28. The van der Waals surface area contributed by atoms with Crippen molar-refractivity contribution in [1.82, 2.24) is 0 Å². The number of hydrogen-bond acceptors (Lipinski definition) is 0. The summed E-state index contributed by atoms with van der Waals surface area (Å²) in [5.41, 5.74) is -0.479. The molecule has 0 fully saturated rings. The second kappa shape index (κ2) is 5.01. The van der Waals surface area contributed by atoms with Gasteiger partial charge in [-0.1, -0.05) is 25.2 Å². The van der Waals surface area contributed by atoms with E-state index in [0.717, 1.165) is 12.5 Å². The van der Waals surface area contributed by atoms with Gasteiger partial charge in [-0.25, -0.2) is 0 Å². The average Bonchev–Trinajstić information content (AvgIpc) is 1.95. The van der Waals surface area contributed by atoms with E-state index in [9.17, 15) is 13.2 Å². The molecule has 12 heavy (non-hydrogen) atoms. The maximum absolute atomic E-state index is 12.0. The van der Waals surface area contributed by atoms with E-state index in [-0.39, 0.29) is 6.42 Å². The number of alkyl halides is 3. The van der Waals surface area contributed by atoms with Gasteiger partial charge in [0.2, 0.25) is 0 Å². The summed E-state index contributed by atoms with van der Waals surface area (Å²) in [6.45, 7) is 3.29. The zero-order valence-electron chi connectivity index (χ0n) is 7.28. The first-order valence-electron chi connectivity index (χ1n) is 3.89. The quantitative estimate of drug-likeness (QED) is 0.576. The molecule has 0 saturated carbocycles. The molecule has 0 aliphatic heterocycles. The molecular formula is C9H13F3. The van der Waals surface area contributed by atoms with E-state index in [1.165, 1.54) is 6.92 Å². The van der Waals surface area contributed by atoms with Gasteiger partial charge < -0.3 is 0 Å². The lowest BCUT2D eigenvalue weighted by Crippen LogP contribution is -2.10. The molecule has 70 valence electrons. The van der Waals surface area contributed by atoms with Gasteiger partial charge in [0, 0.05) is 5.57 Å². The van der Waals surface area contributed by atoms with Crippen LogP contribution in [0.5, 0.6) is 0 Å². The maximum Gasteiger partial charge on any atom is 0.412 e. The molecule has 3 heteroatoms. The summed E-state index contributed by atoms with van der Waals surface area (Å²) in [5.74, 6) is 0. The Labute approximate surface area is 70.8 Å². The lowest BCUT2D eigenvalue weighted by molar-refractivity contribution is -0.0930. The SMILES string of the molecule is C/C=C(\C/C=C\CC)C(F)(F)F. The van der Waals surface area contributed by atoms with Crippen LogP contribution in [0.3, 0.4) is 0 Å². The normalized spacial score (nSPS) is 14.2. The second-order valence-electron chi connectivity index (χ2n) is 2.40. The summed E-state index contributed by atoms with van der Waals surface area (Å²) >= 11 is 0. The van der Waals surface area contributed by atoms with Gasteiger partial charge >= 0.3 is 6.18 Å². The molecular weight excluding hydrogens is 165 g/mol. The topological polar surface area (TPSA) is 0 Å². The molecule has 0 aromatic rings. The van der Waals surface area contributed by atoms with Gasteiger partial charge in [-0.15, -0.1) is 0 Å². The predicted molar refractivity (Wildman–Crippen MR) is 43.9 cm³/mol. The van der Waals surface area contributed by atoms with Crippen molar-refractivity contribution in [2.24, 2.45) is 0 Å². The summed E-state index contributed by atoms with van der Waals surface area (Å²) < 4.78 is 36.1. The Morgan fingerprint density at radius 2 is 1.83 bits per heavy atom. The maximum atomic E-state index is 12.0. The number of rotatable bonds is 3. The molecule has 0 saturated heterocycles. The number of hydrogen-bond donors (Lipinski definition) is 0. The summed E-state index contributed by atoms with van der Waals surface area (Å²) in [6.07, 6.45) is 0.966. The summed E-state index contributed by atoms with van der Waals surface area (Å²) in [4.78, 5) is 0. The first-order chi connectivity index (χ1) is 5.52. The molecule has 0 aromatic carbocycles. The van der Waals surface area contributed by atoms with Gasteiger partial charge in [0.15, 0.2) is 0 Å². The highest BCUT2D eigenvalue weighted by atomic mass is 19.4. The summed E-state index contributed by atoms with van der Waals surface area (Å²) in [7, 11) is 0. The van der Waals surface area contributed by atoms with Gasteiger partial charge in [-0.3, -0.25) is 0 Å². The van der Waals surface area contributed by atoms with Crippen molar-refractivity contribution in [2.75, 3.05) is 0 Å². The minimum Gasteiger partial charge on any atom is -0.166 e. The molecule has 0 nitrogen and oxygen atoms in total. The predicted octanol–water partition coefficient (Wildman–Crippen LogP) is 3.85. The van der Waals surface area contributed by atoms with E-state index < -0.39 is 11.7 Å². The van der Waals surface area contributed by atoms with Gasteiger partial charge in [0.25, 0.3) is 0 Å². The third kappa shape index (κ3) is 4.21. The Balaban J connectivity index is 4.13. The van der Waals surface area contributed by atoms with E-state index >= 15 is 0 Å². The van der Waals surface area contributed by atoms with Crippen LogP contribution < -0.4 is 0 Å². The van der Waals surface area contributed by atoms with Crippen molar-refractivity contribution in [3.05, 3.63) is 23.8 Å². The molecule has 0 unspecified atom stereocenters. The fourth-order valence-corrected chi connectivity index (χ4v) is 0.774. The van der Waals surface area contributed by atoms with Crippen LogP contribution in [0.15, 0.2) is 23.8 Å². The Kier molecular flexibility index (Phi) is 4.71. The Morgan fingerprint density at radius 3 is 2.17 bits per heavy atom. The van der Waals surface area contributed by atoms with Crippen LogP contribution in [0.1, 0.15) is 26.7 Å². The van der Waals surface area contributed by atoms with E-state index in [0.29, 0.717) is 0 Å². The van der Waals surface area contributed by atoms with Crippen LogP contribution in [-0.2, 0) is 0 Å². The summed E-state index contributed by atoms with van der Waals surface area (Å²) in [6, 6.07) is 0. The average molecular weight is 178 g/mol. The van der Waals surface area contributed by atoms with Gasteiger partial charge in [0.05, 0.1) is 0 Å². The van der Waals surface area contributed by atoms with Crippen LogP contribution in [0.2, 0.25) is 0 Å². The van der Waals surface area contributed by atoms with Gasteiger partial charge in [-0.2, -0.15) is 13.2 Å². The first-order valence-corrected chi connectivity index (χ1v) is 3.89. The lowest BCUT2D eigenvalue weighted by atomic mass is 10.1. The molecule has 0 atom stereocenters. The minimum atomic E-state index is -4.17. The summed E-state index contributed by atoms with van der Waals surface area (Å²) in [5, 5.41) is 0. The first kappa shape index (κ1) is 11.3.